The van der Waals surface area contributed by atoms with Crippen molar-refractivity contribution in [3.05, 3.63) is 29.8 Å². The van der Waals surface area contributed by atoms with Crippen LogP contribution in [0.1, 0.15) is 10.4 Å². The number of rotatable bonds is 7. The van der Waals surface area contributed by atoms with E-state index < -0.39 is 16.2 Å². The van der Waals surface area contributed by atoms with Gasteiger partial charge in [0.2, 0.25) is 0 Å². The van der Waals surface area contributed by atoms with Crippen molar-refractivity contribution < 1.29 is 23.1 Å². The van der Waals surface area contributed by atoms with Gasteiger partial charge >= 0.3 is 16.2 Å². The molecule has 0 radical (unpaired) electrons. The van der Waals surface area contributed by atoms with Crippen molar-refractivity contribution in [1.29, 1.82) is 0 Å². The molecule has 0 aliphatic carbocycles. The minimum absolute atomic E-state index is 0.0990. The van der Waals surface area contributed by atoms with E-state index in [2.05, 4.69) is 4.72 Å². The Morgan fingerprint density at radius 1 is 1.37 bits per heavy atom. The summed E-state index contributed by atoms with van der Waals surface area (Å²) in [6.07, 6.45) is 0. The van der Waals surface area contributed by atoms with Gasteiger partial charge in [0.15, 0.2) is 0 Å². The highest BCUT2D eigenvalue weighted by Gasteiger charge is 2.17. The highest BCUT2D eigenvalue weighted by atomic mass is 32.2. The molecule has 2 N–H and O–H groups in total. The van der Waals surface area contributed by atoms with Crippen molar-refractivity contribution in [3.63, 3.8) is 0 Å². The molecule has 0 spiro atoms. The fourth-order valence-corrected chi connectivity index (χ4v) is 2.26. The van der Waals surface area contributed by atoms with Gasteiger partial charge in [-0.3, -0.25) is 4.31 Å². The van der Waals surface area contributed by atoms with Crippen LogP contribution in [0.25, 0.3) is 0 Å². The van der Waals surface area contributed by atoms with E-state index in [0.29, 0.717) is 5.69 Å². The smallest absolute Gasteiger partial charge is 0.335 e. The van der Waals surface area contributed by atoms with Crippen molar-refractivity contribution in [1.82, 2.24) is 4.72 Å². The highest BCUT2D eigenvalue weighted by molar-refractivity contribution is 7.90. The zero-order valence-electron chi connectivity index (χ0n) is 10.7. The van der Waals surface area contributed by atoms with Crippen molar-refractivity contribution in [2.75, 3.05) is 31.6 Å². The third-order valence-corrected chi connectivity index (χ3v) is 3.93. The number of aromatic carboxylic acids is 1. The van der Waals surface area contributed by atoms with Crippen LogP contribution in [0.2, 0.25) is 0 Å². The van der Waals surface area contributed by atoms with Gasteiger partial charge < -0.3 is 9.84 Å². The summed E-state index contributed by atoms with van der Waals surface area (Å²) in [6.45, 7) is 0.432. The van der Waals surface area contributed by atoms with Crippen LogP contribution in [-0.4, -0.2) is 46.8 Å². The molecule has 0 heterocycles. The van der Waals surface area contributed by atoms with Crippen LogP contribution in [0.15, 0.2) is 24.3 Å². The van der Waals surface area contributed by atoms with Gasteiger partial charge in [0.05, 0.1) is 17.9 Å². The first-order valence-electron chi connectivity index (χ1n) is 5.44. The summed E-state index contributed by atoms with van der Waals surface area (Å²) in [6, 6.07) is 5.55. The van der Waals surface area contributed by atoms with Crippen LogP contribution < -0.4 is 9.03 Å². The molecular formula is C11H16N2O5S. The molecule has 0 fully saturated rings. The quantitative estimate of drug-likeness (QED) is 0.704. The fraction of sp³-hybridized carbons (Fsp3) is 0.364. The molecule has 0 bridgehead atoms. The Balaban J connectivity index is 2.81. The molecule has 1 aromatic rings. The summed E-state index contributed by atoms with van der Waals surface area (Å²) in [5, 5.41) is 8.76. The van der Waals surface area contributed by atoms with Crippen LogP contribution in [0.3, 0.4) is 0 Å². The molecule has 19 heavy (non-hydrogen) atoms. The molecule has 7 nitrogen and oxygen atoms in total. The first-order valence-corrected chi connectivity index (χ1v) is 6.88. The van der Waals surface area contributed by atoms with Crippen molar-refractivity contribution in [3.8, 4) is 0 Å². The lowest BCUT2D eigenvalue weighted by Crippen LogP contribution is -2.39. The predicted octanol–water partition coefficient (Wildman–Crippen LogP) is 0.302. The average Bonchev–Trinajstić information content (AvgIpc) is 2.38. The van der Waals surface area contributed by atoms with E-state index in [1.165, 1.54) is 38.4 Å². The first kappa shape index (κ1) is 15.4. The zero-order valence-corrected chi connectivity index (χ0v) is 11.5. The van der Waals surface area contributed by atoms with Gasteiger partial charge in [0.1, 0.15) is 0 Å². The standard InChI is InChI=1S/C11H16N2O5S/c1-13(19(16,17)12-7-8-18-2)10-5-3-9(4-6-10)11(14)15/h3-6,12H,7-8H2,1-2H3,(H,14,15). The Bertz CT molecular complexity index is 527. The summed E-state index contributed by atoms with van der Waals surface area (Å²) in [7, 11) is -0.808. The van der Waals surface area contributed by atoms with E-state index in [-0.39, 0.29) is 18.7 Å². The van der Waals surface area contributed by atoms with E-state index in [4.69, 9.17) is 9.84 Å². The number of methoxy groups -OCH3 is 1. The molecule has 0 aromatic heterocycles. The minimum atomic E-state index is -3.66. The SMILES string of the molecule is COCCNS(=O)(=O)N(C)c1ccc(C(=O)O)cc1. The molecule has 0 atom stereocenters. The molecule has 106 valence electrons. The molecule has 0 unspecified atom stereocenters. The fourth-order valence-electron chi connectivity index (χ4n) is 1.32. The second kappa shape index (κ2) is 6.50. The number of anilines is 1. The predicted molar refractivity (Wildman–Crippen MR) is 70.6 cm³/mol. The van der Waals surface area contributed by atoms with Gasteiger partial charge in [-0.2, -0.15) is 13.1 Å². The number of hydrogen-bond donors (Lipinski definition) is 2. The molecule has 1 aromatic carbocycles. The molecule has 8 heteroatoms. The third kappa shape index (κ3) is 4.19. The van der Waals surface area contributed by atoms with E-state index in [1.54, 1.807) is 0 Å². The van der Waals surface area contributed by atoms with Gasteiger partial charge in [-0.25, -0.2) is 4.79 Å². The van der Waals surface area contributed by atoms with Crippen molar-refractivity contribution >= 4 is 21.9 Å². The number of ether oxygens (including phenoxy) is 1. The maximum absolute atomic E-state index is 11.9. The number of hydrogen-bond acceptors (Lipinski definition) is 4. The van der Waals surface area contributed by atoms with Crippen LogP contribution in [0, 0.1) is 0 Å². The van der Waals surface area contributed by atoms with E-state index in [9.17, 15) is 13.2 Å². The average molecular weight is 288 g/mol. The van der Waals surface area contributed by atoms with Crippen LogP contribution >= 0.6 is 0 Å². The van der Waals surface area contributed by atoms with Crippen molar-refractivity contribution in [2.45, 2.75) is 0 Å². The zero-order chi connectivity index (χ0) is 14.5. The molecule has 0 saturated heterocycles. The number of benzene rings is 1. The highest BCUT2D eigenvalue weighted by Crippen LogP contribution is 2.16. The minimum Gasteiger partial charge on any atom is -0.478 e. The molecule has 0 saturated carbocycles. The molecule has 0 aliphatic heterocycles. The molecule has 1 rings (SSSR count). The maximum atomic E-state index is 11.9. The number of nitrogens with zero attached hydrogens (tertiary/aromatic N) is 1. The van der Waals surface area contributed by atoms with Gasteiger partial charge in [-0.1, -0.05) is 0 Å². The molecule has 0 amide bonds. The summed E-state index contributed by atoms with van der Waals surface area (Å²) >= 11 is 0. The second-order valence-electron chi connectivity index (χ2n) is 3.71. The first-order chi connectivity index (χ1) is 8.88. The maximum Gasteiger partial charge on any atom is 0.335 e. The Labute approximate surface area is 112 Å². The van der Waals surface area contributed by atoms with E-state index >= 15 is 0 Å². The van der Waals surface area contributed by atoms with Crippen LogP contribution in [0.5, 0.6) is 0 Å². The Hall–Kier alpha value is -1.64. The number of carboxylic acid groups (broad SMARTS) is 1. The van der Waals surface area contributed by atoms with E-state index in [1.807, 2.05) is 0 Å². The Kier molecular flexibility index (Phi) is 5.28. The monoisotopic (exact) mass is 288 g/mol. The van der Waals surface area contributed by atoms with Crippen LogP contribution in [-0.2, 0) is 14.9 Å². The lowest BCUT2D eigenvalue weighted by Gasteiger charge is -2.19. The van der Waals surface area contributed by atoms with E-state index in [0.717, 1.165) is 4.31 Å². The Morgan fingerprint density at radius 3 is 2.42 bits per heavy atom. The second-order valence-corrected chi connectivity index (χ2v) is 5.50. The summed E-state index contributed by atoms with van der Waals surface area (Å²) in [5.74, 6) is -1.06. The lowest BCUT2D eigenvalue weighted by atomic mass is 10.2. The topological polar surface area (TPSA) is 95.9 Å². The summed E-state index contributed by atoms with van der Waals surface area (Å²) in [4.78, 5) is 10.7. The van der Waals surface area contributed by atoms with Crippen molar-refractivity contribution in [2.24, 2.45) is 0 Å². The van der Waals surface area contributed by atoms with Gasteiger partial charge in [-0.15, -0.1) is 0 Å². The number of nitrogens with one attached hydrogen (secondary N) is 1. The molecule has 0 aliphatic rings. The Morgan fingerprint density at radius 2 is 1.95 bits per heavy atom. The van der Waals surface area contributed by atoms with Crippen LogP contribution in [0.4, 0.5) is 5.69 Å². The summed E-state index contributed by atoms with van der Waals surface area (Å²) in [5.41, 5.74) is 0.469. The lowest BCUT2D eigenvalue weighted by molar-refractivity contribution is 0.0697. The van der Waals surface area contributed by atoms with Gasteiger partial charge in [0, 0.05) is 20.7 Å². The summed E-state index contributed by atoms with van der Waals surface area (Å²) < 4.78 is 31.9. The third-order valence-electron chi connectivity index (χ3n) is 2.43. The van der Waals surface area contributed by atoms with Gasteiger partial charge in [0.25, 0.3) is 0 Å². The van der Waals surface area contributed by atoms with Gasteiger partial charge in [-0.05, 0) is 24.3 Å². The number of carbonyl (C=O) groups is 1. The number of carboxylic acids is 1. The largest absolute Gasteiger partial charge is 0.478 e. The normalized spacial score (nSPS) is 11.3. The molecular weight excluding hydrogens is 272 g/mol.